The first-order chi connectivity index (χ1) is 10.2. The minimum atomic E-state index is 0.379. The highest BCUT2D eigenvalue weighted by molar-refractivity contribution is 5.77. The number of nitrogens with two attached hydrogens (primary N) is 1. The molecule has 1 atom stereocenters. The molecule has 122 valence electrons. The Labute approximate surface area is 129 Å². The van der Waals surface area contributed by atoms with E-state index in [-0.39, 0.29) is 0 Å². The van der Waals surface area contributed by atoms with Crippen molar-refractivity contribution in [2.45, 2.75) is 52.0 Å². The van der Waals surface area contributed by atoms with Crippen LogP contribution in [0.5, 0.6) is 0 Å². The summed E-state index contributed by atoms with van der Waals surface area (Å²) in [6.07, 6.45) is 6.22. The van der Waals surface area contributed by atoms with Crippen molar-refractivity contribution < 1.29 is 4.74 Å². The Morgan fingerprint density at radius 2 is 2.24 bits per heavy atom. The number of hydrogen-bond acceptors (Lipinski definition) is 3. The summed E-state index contributed by atoms with van der Waals surface area (Å²) in [5.41, 5.74) is 6.40. The summed E-state index contributed by atoms with van der Waals surface area (Å²) in [5, 5.41) is 3.31. The van der Waals surface area contributed by atoms with Crippen molar-refractivity contribution in [2.75, 3.05) is 39.4 Å². The maximum absolute atomic E-state index is 6.02. The van der Waals surface area contributed by atoms with Crippen LogP contribution in [0.3, 0.4) is 0 Å². The van der Waals surface area contributed by atoms with Gasteiger partial charge in [-0.3, -0.25) is 9.89 Å². The molecular formula is C16H32N4O. The van der Waals surface area contributed by atoms with E-state index < -0.39 is 0 Å². The SMILES string of the molecule is CCOCCC1(CN=C(N)NCC2CCCN2CC)CC1. The minimum absolute atomic E-state index is 0.379. The lowest BCUT2D eigenvalue weighted by molar-refractivity contribution is 0.129. The second kappa shape index (κ2) is 7.99. The summed E-state index contributed by atoms with van der Waals surface area (Å²) in [4.78, 5) is 7.08. The van der Waals surface area contributed by atoms with E-state index in [0.29, 0.717) is 17.4 Å². The third-order valence-electron chi connectivity index (χ3n) is 4.95. The van der Waals surface area contributed by atoms with Crippen LogP contribution in [0.1, 0.15) is 46.0 Å². The van der Waals surface area contributed by atoms with Crippen molar-refractivity contribution >= 4 is 5.96 Å². The van der Waals surface area contributed by atoms with E-state index in [1.807, 2.05) is 6.92 Å². The number of likely N-dealkylation sites (tertiary alicyclic amines) is 1. The van der Waals surface area contributed by atoms with Crippen molar-refractivity contribution in [1.82, 2.24) is 10.2 Å². The monoisotopic (exact) mass is 296 g/mol. The normalized spacial score (nSPS) is 25.2. The molecular weight excluding hydrogens is 264 g/mol. The van der Waals surface area contributed by atoms with Gasteiger partial charge in [-0.25, -0.2) is 0 Å². The van der Waals surface area contributed by atoms with E-state index in [2.05, 4.69) is 22.1 Å². The van der Waals surface area contributed by atoms with E-state index >= 15 is 0 Å². The second-order valence-electron chi connectivity index (χ2n) is 6.45. The average molecular weight is 296 g/mol. The highest BCUT2D eigenvalue weighted by atomic mass is 16.5. The van der Waals surface area contributed by atoms with Crippen LogP contribution in [0.25, 0.3) is 0 Å². The van der Waals surface area contributed by atoms with Crippen LogP contribution >= 0.6 is 0 Å². The van der Waals surface area contributed by atoms with Gasteiger partial charge >= 0.3 is 0 Å². The maximum atomic E-state index is 6.02. The van der Waals surface area contributed by atoms with E-state index in [4.69, 9.17) is 10.5 Å². The molecule has 1 saturated carbocycles. The van der Waals surface area contributed by atoms with Gasteiger partial charge in [0, 0.05) is 32.3 Å². The van der Waals surface area contributed by atoms with Crippen molar-refractivity contribution in [3.8, 4) is 0 Å². The quantitative estimate of drug-likeness (QED) is 0.385. The first kappa shape index (κ1) is 16.6. The largest absolute Gasteiger partial charge is 0.382 e. The lowest BCUT2D eigenvalue weighted by atomic mass is 10.0. The zero-order valence-corrected chi connectivity index (χ0v) is 13.7. The Bertz CT molecular complexity index is 341. The van der Waals surface area contributed by atoms with Gasteiger partial charge < -0.3 is 15.8 Å². The molecule has 5 nitrogen and oxygen atoms in total. The van der Waals surface area contributed by atoms with Gasteiger partial charge in [0.15, 0.2) is 5.96 Å². The Hall–Kier alpha value is -0.810. The summed E-state index contributed by atoms with van der Waals surface area (Å²) in [5.74, 6) is 0.612. The maximum Gasteiger partial charge on any atom is 0.188 e. The van der Waals surface area contributed by atoms with Crippen molar-refractivity contribution in [1.29, 1.82) is 0 Å². The number of nitrogens with zero attached hydrogens (tertiary/aromatic N) is 2. The number of aliphatic imine (C=N–C) groups is 1. The molecule has 0 amide bonds. The molecule has 1 aliphatic heterocycles. The Balaban J connectivity index is 1.67. The third kappa shape index (κ3) is 5.15. The molecule has 0 radical (unpaired) electrons. The van der Waals surface area contributed by atoms with Crippen LogP contribution < -0.4 is 11.1 Å². The standard InChI is InChI=1S/C16H32N4O/c1-3-20-10-5-6-14(20)12-18-15(17)19-13-16(7-8-16)9-11-21-4-2/h14H,3-13H2,1-2H3,(H3,17,18,19). The molecule has 5 heteroatoms. The fourth-order valence-corrected chi connectivity index (χ4v) is 3.17. The summed E-state index contributed by atoms with van der Waals surface area (Å²) in [7, 11) is 0. The van der Waals surface area contributed by atoms with Gasteiger partial charge in [-0.1, -0.05) is 6.92 Å². The average Bonchev–Trinajstić information content (AvgIpc) is 3.11. The predicted octanol–water partition coefficient (Wildman–Crippen LogP) is 1.58. The predicted molar refractivity (Wildman–Crippen MR) is 87.5 cm³/mol. The van der Waals surface area contributed by atoms with Crippen LogP contribution in [0.15, 0.2) is 4.99 Å². The number of rotatable bonds is 9. The Kier molecular flexibility index (Phi) is 6.30. The zero-order valence-electron chi connectivity index (χ0n) is 13.7. The lowest BCUT2D eigenvalue weighted by Gasteiger charge is -2.23. The van der Waals surface area contributed by atoms with Crippen LogP contribution in [0, 0.1) is 5.41 Å². The van der Waals surface area contributed by atoms with Crippen LogP contribution in [0.4, 0.5) is 0 Å². The molecule has 0 aromatic heterocycles. The van der Waals surface area contributed by atoms with Crippen LogP contribution in [0.2, 0.25) is 0 Å². The van der Waals surface area contributed by atoms with E-state index in [1.54, 1.807) is 0 Å². The first-order valence-electron chi connectivity index (χ1n) is 8.54. The molecule has 3 N–H and O–H groups in total. The molecule has 1 saturated heterocycles. The van der Waals surface area contributed by atoms with Gasteiger partial charge in [-0.2, -0.15) is 0 Å². The molecule has 2 fully saturated rings. The van der Waals surface area contributed by atoms with Gasteiger partial charge in [0.25, 0.3) is 0 Å². The molecule has 2 aliphatic rings. The topological polar surface area (TPSA) is 62.9 Å². The van der Waals surface area contributed by atoms with Crippen molar-refractivity contribution in [2.24, 2.45) is 16.1 Å². The zero-order chi connectivity index (χ0) is 15.1. The molecule has 1 heterocycles. The van der Waals surface area contributed by atoms with Gasteiger partial charge in [-0.15, -0.1) is 0 Å². The van der Waals surface area contributed by atoms with Crippen LogP contribution in [-0.4, -0.2) is 56.3 Å². The summed E-state index contributed by atoms with van der Waals surface area (Å²) >= 11 is 0. The molecule has 0 bridgehead atoms. The number of ether oxygens (including phenoxy) is 1. The fourth-order valence-electron chi connectivity index (χ4n) is 3.17. The lowest BCUT2D eigenvalue weighted by Crippen LogP contribution is -2.43. The van der Waals surface area contributed by atoms with Gasteiger partial charge in [0.1, 0.15) is 0 Å². The minimum Gasteiger partial charge on any atom is -0.382 e. The second-order valence-corrected chi connectivity index (χ2v) is 6.45. The Morgan fingerprint density at radius 1 is 1.43 bits per heavy atom. The van der Waals surface area contributed by atoms with Gasteiger partial charge in [-0.05, 0) is 57.5 Å². The van der Waals surface area contributed by atoms with Crippen molar-refractivity contribution in [3.05, 3.63) is 0 Å². The first-order valence-corrected chi connectivity index (χ1v) is 8.54. The molecule has 0 aromatic carbocycles. The summed E-state index contributed by atoms with van der Waals surface area (Å²) in [6.45, 7) is 10.1. The van der Waals surface area contributed by atoms with Crippen molar-refractivity contribution in [3.63, 3.8) is 0 Å². The number of likely N-dealkylation sites (N-methyl/N-ethyl adjacent to an activating group) is 1. The molecule has 1 aliphatic carbocycles. The molecule has 0 aromatic rings. The fraction of sp³-hybridized carbons (Fsp3) is 0.938. The molecule has 1 unspecified atom stereocenters. The Morgan fingerprint density at radius 3 is 2.90 bits per heavy atom. The van der Waals surface area contributed by atoms with Gasteiger partial charge in [0.05, 0.1) is 0 Å². The molecule has 2 rings (SSSR count). The smallest absolute Gasteiger partial charge is 0.188 e. The van der Waals surface area contributed by atoms with Gasteiger partial charge in [0.2, 0.25) is 0 Å². The highest BCUT2D eigenvalue weighted by Crippen LogP contribution is 2.48. The summed E-state index contributed by atoms with van der Waals surface area (Å²) in [6, 6.07) is 0.622. The number of hydrogen-bond donors (Lipinski definition) is 2. The molecule has 0 spiro atoms. The van der Waals surface area contributed by atoms with E-state index in [9.17, 15) is 0 Å². The summed E-state index contributed by atoms with van der Waals surface area (Å²) < 4.78 is 5.45. The number of nitrogens with one attached hydrogen (secondary N) is 1. The van der Waals surface area contributed by atoms with Crippen LogP contribution in [-0.2, 0) is 4.74 Å². The van der Waals surface area contributed by atoms with E-state index in [1.165, 1.54) is 32.2 Å². The molecule has 21 heavy (non-hydrogen) atoms. The highest BCUT2D eigenvalue weighted by Gasteiger charge is 2.41. The third-order valence-corrected chi connectivity index (χ3v) is 4.95. The number of guanidine groups is 1. The van der Waals surface area contributed by atoms with E-state index in [0.717, 1.165) is 39.3 Å².